The Hall–Kier alpha value is -3.54. The van der Waals surface area contributed by atoms with Crippen molar-refractivity contribution in [1.29, 1.82) is 0 Å². The normalized spacial score (nSPS) is 14.9. The van der Waals surface area contributed by atoms with Crippen LogP contribution in [0.3, 0.4) is 0 Å². The van der Waals surface area contributed by atoms with Crippen LogP contribution in [0.25, 0.3) is 0 Å². The van der Waals surface area contributed by atoms with Gasteiger partial charge < -0.3 is 39.3 Å². The summed E-state index contributed by atoms with van der Waals surface area (Å²) in [6, 6.07) is 2.73. The van der Waals surface area contributed by atoms with E-state index in [0.717, 1.165) is 12.8 Å². The van der Waals surface area contributed by atoms with Gasteiger partial charge in [-0.1, -0.05) is 53.5 Å². The number of carbonyl (C=O) groups excluding carboxylic acids is 3. The standard InChI is InChI=1S/C30H47NO11/c1-9-11-18(3)38-28(35)41-23-14-13-21(16-24(23)42-29(36)39-19(4)12-10-2)22(25(31)26(32)33)15-20(5)40-27(34)37-17-30(6,7)8/h13-14,16,18-20,22,25H,9-12,15,17,31H2,1-8H3,(H,32,33)/t18?,19?,20?,22?,25-/m0/s1. The van der Waals surface area contributed by atoms with E-state index in [1.165, 1.54) is 18.2 Å². The molecular weight excluding hydrogens is 550 g/mol. The number of rotatable bonds is 15. The number of hydrogen-bond donors (Lipinski definition) is 2. The molecular formula is C30H47NO11. The quantitative estimate of drug-likeness (QED) is 0.127. The highest BCUT2D eigenvalue weighted by atomic mass is 16.8. The van der Waals surface area contributed by atoms with Crippen LogP contribution < -0.4 is 15.2 Å². The molecule has 0 amide bonds. The van der Waals surface area contributed by atoms with Crippen molar-refractivity contribution in [1.82, 2.24) is 0 Å². The average Bonchev–Trinajstić information content (AvgIpc) is 2.86. The highest BCUT2D eigenvalue weighted by molar-refractivity contribution is 5.75. The van der Waals surface area contributed by atoms with Crippen molar-refractivity contribution in [3.05, 3.63) is 23.8 Å². The summed E-state index contributed by atoms with van der Waals surface area (Å²) in [6.45, 7) is 14.7. The molecule has 4 unspecified atom stereocenters. The zero-order valence-corrected chi connectivity index (χ0v) is 26.0. The van der Waals surface area contributed by atoms with Crippen LogP contribution in [0.4, 0.5) is 14.4 Å². The molecule has 1 aromatic rings. The van der Waals surface area contributed by atoms with Crippen molar-refractivity contribution in [2.24, 2.45) is 11.1 Å². The van der Waals surface area contributed by atoms with E-state index in [1.807, 2.05) is 34.6 Å². The van der Waals surface area contributed by atoms with Gasteiger partial charge in [0, 0.05) is 5.92 Å². The minimum Gasteiger partial charge on any atom is -0.480 e. The van der Waals surface area contributed by atoms with Gasteiger partial charge in [0.05, 0.1) is 6.61 Å². The van der Waals surface area contributed by atoms with Crippen molar-refractivity contribution in [2.45, 2.75) is 118 Å². The van der Waals surface area contributed by atoms with Gasteiger partial charge >= 0.3 is 24.4 Å². The van der Waals surface area contributed by atoms with E-state index in [2.05, 4.69) is 0 Å². The summed E-state index contributed by atoms with van der Waals surface area (Å²) in [5, 5.41) is 9.70. The number of benzene rings is 1. The van der Waals surface area contributed by atoms with Crippen LogP contribution in [0, 0.1) is 5.41 Å². The van der Waals surface area contributed by atoms with E-state index >= 15 is 0 Å². The van der Waals surface area contributed by atoms with Crippen molar-refractivity contribution in [2.75, 3.05) is 6.61 Å². The fourth-order valence-electron chi connectivity index (χ4n) is 3.95. The van der Waals surface area contributed by atoms with Crippen LogP contribution in [0.15, 0.2) is 18.2 Å². The summed E-state index contributed by atoms with van der Waals surface area (Å²) >= 11 is 0. The molecule has 0 aliphatic rings. The van der Waals surface area contributed by atoms with Crippen molar-refractivity contribution < 1.29 is 52.7 Å². The van der Waals surface area contributed by atoms with Crippen LogP contribution in [0.2, 0.25) is 0 Å². The summed E-state index contributed by atoms with van der Waals surface area (Å²) < 4.78 is 31.7. The molecule has 12 nitrogen and oxygen atoms in total. The second-order valence-corrected chi connectivity index (χ2v) is 11.6. The summed E-state index contributed by atoms with van der Waals surface area (Å²) in [7, 11) is 0. The molecule has 12 heteroatoms. The molecule has 42 heavy (non-hydrogen) atoms. The lowest BCUT2D eigenvalue weighted by Crippen LogP contribution is -2.38. The monoisotopic (exact) mass is 597 g/mol. The number of nitrogens with two attached hydrogens (primary N) is 1. The number of ether oxygens (including phenoxy) is 6. The first-order chi connectivity index (χ1) is 19.6. The van der Waals surface area contributed by atoms with Gasteiger partial charge in [0.25, 0.3) is 0 Å². The Labute approximate surface area is 248 Å². The van der Waals surface area contributed by atoms with Gasteiger partial charge in [0.1, 0.15) is 24.4 Å². The van der Waals surface area contributed by atoms with Crippen molar-refractivity contribution in [3.63, 3.8) is 0 Å². The Morgan fingerprint density at radius 2 is 1.31 bits per heavy atom. The maximum absolute atomic E-state index is 12.5. The van der Waals surface area contributed by atoms with Gasteiger partial charge in [0.2, 0.25) is 0 Å². The fraction of sp³-hybridized carbons (Fsp3) is 0.667. The van der Waals surface area contributed by atoms with E-state index in [0.29, 0.717) is 18.4 Å². The van der Waals surface area contributed by atoms with Gasteiger partial charge in [-0.15, -0.1) is 0 Å². The molecule has 0 aromatic heterocycles. The molecule has 1 aromatic carbocycles. The van der Waals surface area contributed by atoms with Gasteiger partial charge in [-0.3, -0.25) is 4.79 Å². The minimum atomic E-state index is -1.42. The predicted molar refractivity (Wildman–Crippen MR) is 154 cm³/mol. The Bertz CT molecular complexity index is 1040. The summed E-state index contributed by atoms with van der Waals surface area (Å²) in [6.07, 6.45) is -1.77. The average molecular weight is 598 g/mol. The lowest BCUT2D eigenvalue weighted by Gasteiger charge is -2.26. The molecule has 0 fully saturated rings. The van der Waals surface area contributed by atoms with Crippen molar-refractivity contribution >= 4 is 24.4 Å². The molecule has 0 spiro atoms. The van der Waals surface area contributed by atoms with Gasteiger partial charge in [0.15, 0.2) is 11.5 Å². The third kappa shape index (κ3) is 13.9. The molecule has 0 aliphatic carbocycles. The SMILES string of the molecule is CCCC(C)OC(=O)Oc1ccc(C(CC(C)OC(=O)OCC(C)(C)C)[C@H](N)C(=O)O)cc1OC(=O)OC(C)CCC. The highest BCUT2D eigenvalue weighted by Crippen LogP contribution is 2.35. The number of aliphatic carboxylic acids is 1. The number of carbonyl (C=O) groups is 4. The maximum atomic E-state index is 12.5. The fourth-order valence-corrected chi connectivity index (χ4v) is 3.95. The molecule has 0 saturated heterocycles. The summed E-state index contributed by atoms with van der Waals surface area (Å²) in [5.41, 5.74) is 6.09. The van der Waals surface area contributed by atoms with E-state index in [4.69, 9.17) is 34.2 Å². The third-order valence-corrected chi connectivity index (χ3v) is 5.99. The van der Waals surface area contributed by atoms with Crippen LogP contribution in [-0.2, 0) is 23.7 Å². The summed E-state index contributed by atoms with van der Waals surface area (Å²) in [4.78, 5) is 49.0. The van der Waals surface area contributed by atoms with E-state index in [-0.39, 0.29) is 29.9 Å². The molecule has 0 saturated carbocycles. The second kappa shape index (κ2) is 17.4. The molecule has 3 N–H and O–H groups in total. The van der Waals surface area contributed by atoms with Crippen LogP contribution >= 0.6 is 0 Å². The predicted octanol–water partition coefficient (Wildman–Crippen LogP) is 6.57. The van der Waals surface area contributed by atoms with Gasteiger partial charge in [-0.25, -0.2) is 14.4 Å². The molecule has 238 valence electrons. The Kier molecular flexibility index (Phi) is 15.1. The first kappa shape index (κ1) is 36.5. The molecule has 5 atom stereocenters. The lowest BCUT2D eigenvalue weighted by molar-refractivity contribution is -0.139. The topological polar surface area (TPSA) is 170 Å². The van der Waals surface area contributed by atoms with Crippen molar-refractivity contribution in [3.8, 4) is 11.5 Å². The second-order valence-electron chi connectivity index (χ2n) is 11.6. The minimum absolute atomic E-state index is 0.00766. The highest BCUT2D eigenvalue weighted by Gasteiger charge is 2.31. The van der Waals surface area contributed by atoms with E-state index in [1.54, 1.807) is 20.8 Å². The Balaban J connectivity index is 3.30. The number of carboxylic acid groups (broad SMARTS) is 1. The molecule has 0 radical (unpaired) electrons. The number of hydrogen-bond acceptors (Lipinski definition) is 11. The third-order valence-electron chi connectivity index (χ3n) is 5.99. The first-order valence-electron chi connectivity index (χ1n) is 14.3. The van der Waals surface area contributed by atoms with E-state index in [9.17, 15) is 24.3 Å². The van der Waals surface area contributed by atoms with Gasteiger partial charge in [-0.2, -0.15) is 0 Å². The van der Waals surface area contributed by atoms with Crippen LogP contribution in [-0.4, -0.2) is 60.5 Å². The van der Waals surface area contributed by atoms with Crippen LogP contribution in [0.5, 0.6) is 11.5 Å². The largest absolute Gasteiger partial charge is 0.514 e. The Morgan fingerprint density at radius 1 is 0.810 bits per heavy atom. The Morgan fingerprint density at radius 3 is 1.79 bits per heavy atom. The van der Waals surface area contributed by atoms with Gasteiger partial charge in [-0.05, 0) is 63.1 Å². The summed E-state index contributed by atoms with van der Waals surface area (Å²) in [5.74, 6) is -2.56. The lowest BCUT2D eigenvalue weighted by atomic mass is 9.87. The zero-order valence-electron chi connectivity index (χ0n) is 26.0. The smallest absolute Gasteiger partial charge is 0.480 e. The maximum Gasteiger partial charge on any atom is 0.514 e. The van der Waals surface area contributed by atoms with Crippen LogP contribution in [0.1, 0.15) is 99.0 Å². The molecule has 0 bridgehead atoms. The number of carboxylic acids is 1. The molecule has 0 aliphatic heterocycles. The van der Waals surface area contributed by atoms with E-state index < -0.39 is 54.7 Å². The first-order valence-corrected chi connectivity index (χ1v) is 14.3. The zero-order chi connectivity index (χ0) is 32.0. The molecule has 0 heterocycles. The molecule has 1 rings (SSSR count).